The molecular formula is C30H36N2O5. The zero-order chi connectivity index (χ0) is 26.0. The normalized spacial score (nSPS) is 18.7. The largest absolute Gasteiger partial charge is 0.503 e. The number of allylic oxidation sites excluding steroid dienone is 1. The van der Waals surface area contributed by atoms with Gasteiger partial charge in [0.2, 0.25) is 0 Å². The molecule has 2 aromatic rings. The Balaban J connectivity index is 1.55. The quantitative estimate of drug-likeness (QED) is 0.337. The van der Waals surface area contributed by atoms with Crippen LogP contribution in [0.25, 0.3) is 6.08 Å². The molecule has 1 unspecified atom stereocenters. The fourth-order valence-corrected chi connectivity index (χ4v) is 4.68. The van der Waals surface area contributed by atoms with E-state index in [4.69, 9.17) is 9.47 Å². The lowest BCUT2D eigenvalue weighted by atomic mass is 9.95. The number of ether oxygens (including phenoxy) is 2. The molecule has 2 aliphatic rings. The number of ketones is 1. The summed E-state index contributed by atoms with van der Waals surface area (Å²) in [5.74, 6) is -0.613. The molecule has 2 aliphatic heterocycles. The standard InChI is InChI=1S/C30H36N2O5/c1-2-3-20-37-25-13-11-24(12-14-25)28-27(26(33)15-10-23-8-5-4-6-9-23)29(34)30(35)32(28)17-7-16-31-18-21-36-22-19-31/h4-6,8-15,28,34H,2-3,7,16-22H2,1H3/b15-10+. The molecular weight excluding hydrogens is 468 g/mol. The molecule has 7 nitrogen and oxygen atoms in total. The SMILES string of the molecule is CCCCOc1ccc(C2C(C(=O)/C=C/c3ccccc3)=C(O)C(=O)N2CCCN2CCOCC2)cc1. The third kappa shape index (κ3) is 6.87. The van der Waals surface area contributed by atoms with Crippen molar-refractivity contribution in [3.8, 4) is 5.75 Å². The zero-order valence-corrected chi connectivity index (χ0v) is 21.5. The Morgan fingerprint density at radius 1 is 1.05 bits per heavy atom. The van der Waals surface area contributed by atoms with Gasteiger partial charge in [-0.25, -0.2) is 0 Å². The van der Waals surface area contributed by atoms with E-state index in [1.54, 1.807) is 11.0 Å². The van der Waals surface area contributed by atoms with Gasteiger partial charge in [0.15, 0.2) is 11.5 Å². The number of morpholine rings is 1. The Morgan fingerprint density at radius 2 is 1.78 bits per heavy atom. The minimum absolute atomic E-state index is 0.114. The molecule has 4 rings (SSSR count). The number of aliphatic hydroxyl groups is 1. The second kappa shape index (κ2) is 13.2. The number of rotatable bonds is 12. The zero-order valence-electron chi connectivity index (χ0n) is 21.5. The fraction of sp³-hybridized carbons (Fsp3) is 0.400. The number of amides is 1. The summed E-state index contributed by atoms with van der Waals surface area (Å²) in [5, 5.41) is 10.9. The summed E-state index contributed by atoms with van der Waals surface area (Å²) in [4.78, 5) is 30.4. The van der Waals surface area contributed by atoms with Crippen molar-refractivity contribution in [1.29, 1.82) is 0 Å². The van der Waals surface area contributed by atoms with Gasteiger partial charge in [0, 0.05) is 26.2 Å². The second-order valence-electron chi connectivity index (χ2n) is 9.35. The van der Waals surface area contributed by atoms with Crippen LogP contribution in [0.2, 0.25) is 0 Å². The van der Waals surface area contributed by atoms with E-state index in [2.05, 4.69) is 11.8 Å². The van der Waals surface area contributed by atoms with E-state index in [1.807, 2.05) is 54.6 Å². The molecule has 0 radical (unpaired) electrons. The first-order valence-corrected chi connectivity index (χ1v) is 13.1. The first-order chi connectivity index (χ1) is 18.1. The number of nitrogens with zero attached hydrogens (tertiary/aromatic N) is 2. The second-order valence-corrected chi connectivity index (χ2v) is 9.35. The van der Waals surface area contributed by atoms with Crippen LogP contribution in [-0.2, 0) is 14.3 Å². The Bertz CT molecular complexity index is 1100. The fourth-order valence-electron chi connectivity index (χ4n) is 4.68. The van der Waals surface area contributed by atoms with Crippen molar-refractivity contribution in [1.82, 2.24) is 9.80 Å². The van der Waals surface area contributed by atoms with E-state index < -0.39 is 17.7 Å². The van der Waals surface area contributed by atoms with E-state index >= 15 is 0 Å². The average Bonchev–Trinajstić information content (AvgIpc) is 3.18. The smallest absolute Gasteiger partial charge is 0.290 e. The first-order valence-electron chi connectivity index (χ1n) is 13.1. The summed E-state index contributed by atoms with van der Waals surface area (Å²) < 4.78 is 11.2. The molecule has 0 spiro atoms. The molecule has 0 aliphatic carbocycles. The van der Waals surface area contributed by atoms with Gasteiger partial charge in [-0.1, -0.05) is 61.9 Å². The number of hydrogen-bond acceptors (Lipinski definition) is 6. The van der Waals surface area contributed by atoms with Crippen LogP contribution in [-0.4, -0.2) is 72.6 Å². The highest BCUT2D eigenvalue weighted by atomic mass is 16.5. The lowest BCUT2D eigenvalue weighted by Gasteiger charge is -2.30. The van der Waals surface area contributed by atoms with Crippen molar-refractivity contribution >= 4 is 17.8 Å². The van der Waals surface area contributed by atoms with Gasteiger partial charge >= 0.3 is 0 Å². The minimum Gasteiger partial charge on any atom is -0.503 e. The minimum atomic E-state index is -0.658. The molecule has 196 valence electrons. The maximum Gasteiger partial charge on any atom is 0.290 e. The highest BCUT2D eigenvalue weighted by molar-refractivity contribution is 6.14. The molecule has 1 saturated heterocycles. The predicted molar refractivity (Wildman–Crippen MR) is 143 cm³/mol. The van der Waals surface area contributed by atoms with Crippen molar-refractivity contribution < 1.29 is 24.2 Å². The van der Waals surface area contributed by atoms with Crippen molar-refractivity contribution in [2.24, 2.45) is 0 Å². The van der Waals surface area contributed by atoms with E-state index in [0.717, 1.165) is 55.8 Å². The summed E-state index contributed by atoms with van der Waals surface area (Å²) in [6.45, 7) is 7.17. The molecule has 0 saturated carbocycles. The third-order valence-electron chi connectivity index (χ3n) is 6.74. The van der Waals surface area contributed by atoms with Crippen molar-refractivity contribution in [3.05, 3.63) is 83.1 Å². The molecule has 7 heteroatoms. The maximum absolute atomic E-state index is 13.3. The van der Waals surface area contributed by atoms with Crippen LogP contribution in [0.1, 0.15) is 43.4 Å². The third-order valence-corrected chi connectivity index (χ3v) is 6.74. The van der Waals surface area contributed by atoms with E-state index in [1.165, 1.54) is 6.08 Å². The van der Waals surface area contributed by atoms with E-state index in [-0.39, 0.29) is 11.4 Å². The number of carbonyl (C=O) groups is 2. The first kappa shape index (κ1) is 26.6. The molecule has 1 atom stereocenters. The number of unbranched alkanes of at least 4 members (excludes halogenated alkanes) is 1. The van der Waals surface area contributed by atoms with Crippen LogP contribution in [0.3, 0.4) is 0 Å². The monoisotopic (exact) mass is 504 g/mol. The Morgan fingerprint density at radius 3 is 2.49 bits per heavy atom. The van der Waals surface area contributed by atoms with Gasteiger partial charge in [-0.05, 0) is 42.2 Å². The Hall–Kier alpha value is -3.42. The van der Waals surface area contributed by atoms with Gasteiger partial charge in [0.25, 0.3) is 5.91 Å². The average molecular weight is 505 g/mol. The van der Waals surface area contributed by atoms with Crippen LogP contribution in [0, 0.1) is 0 Å². The number of benzene rings is 2. The highest BCUT2D eigenvalue weighted by Crippen LogP contribution is 2.38. The summed E-state index contributed by atoms with van der Waals surface area (Å²) in [6.07, 6.45) is 5.89. The lowest BCUT2D eigenvalue weighted by molar-refractivity contribution is -0.129. The van der Waals surface area contributed by atoms with Crippen molar-refractivity contribution in [2.75, 3.05) is 46.0 Å². The van der Waals surface area contributed by atoms with Crippen LogP contribution < -0.4 is 4.74 Å². The van der Waals surface area contributed by atoms with Crippen molar-refractivity contribution in [3.63, 3.8) is 0 Å². The summed E-state index contributed by atoms with van der Waals surface area (Å²) in [5.41, 5.74) is 1.75. The van der Waals surface area contributed by atoms with Gasteiger partial charge < -0.3 is 19.5 Å². The van der Waals surface area contributed by atoms with Crippen LogP contribution in [0.4, 0.5) is 0 Å². The molecule has 1 N–H and O–H groups in total. The van der Waals surface area contributed by atoms with Crippen molar-refractivity contribution in [2.45, 2.75) is 32.2 Å². The molecule has 0 bridgehead atoms. The summed E-state index contributed by atoms with van der Waals surface area (Å²) >= 11 is 0. The summed E-state index contributed by atoms with van der Waals surface area (Å²) in [7, 11) is 0. The van der Waals surface area contributed by atoms with Gasteiger partial charge in [0.05, 0.1) is 31.4 Å². The number of aliphatic hydroxyl groups excluding tert-OH is 1. The van der Waals surface area contributed by atoms with Gasteiger partial charge in [-0.15, -0.1) is 0 Å². The summed E-state index contributed by atoms with van der Waals surface area (Å²) in [6, 6.07) is 16.3. The highest BCUT2D eigenvalue weighted by Gasteiger charge is 2.42. The van der Waals surface area contributed by atoms with E-state index in [9.17, 15) is 14.7 Å². The molecule has 2 heterocycles. The van der Waals surface area contributed by atoms with E-state index in [0.29, 0.717) is 26.4 Å². The van der Waals surface area contributed by atoms with Crippen LogP contribution >= 0.6 is 0 Å². The molecule has 2 aromatic carbocycles. The van der Waals surface area contributed by atoms with Gasteiger partial charge in [-0.3, -0.25) is 14.5 Å². The lowest BCUT2D eigenvalue weighted by Crippen LogP contribution is -2.39. The molecule has 0 aromatic heterocycles. The van der Waals surface area contributed by atoms with Gasteiger partial charge in [-0.2, -0.15) is 0 Å². The Labute approximate surface area is 219 Å². The number of hydrogen-bond donors (Lipinski definition) is 1. The maximum atomic E-state index is 13.3. The molecule has 1 amide bonds. The predicted octanol–water partition coefficient (Wildman–Crippen LogP) is 4.57. The van der Waals surface area contributed by atoms with Gasteiger partial charge in [0.1, 0.15) is 5.75 Å². The molecule has 37 heavy (non-hydrogen) atoms. The molecule has 1 fully saturated rings. The topological polar surface area (TPSA) is 79.3 Å². The van der Waals surface area contributed by atoms with Crippen LogP contribution in [0.5, 0.6) is 5.75 Å². The van der Waals surface area contributed by atoms with Crippen LogP contribution in [0.15, 0.2) is 72.0 Å². The Kier molecular flexibility index (Phi) is 9.52. The number of carbonyl (C=O) groups excluding carboxylic acids is 2.